The Morgan fingerprint density at radius 3 is 2.80 bits per heavy atom. The minimum Gasteiger partial charge on any atom is -0.508 e. The molecule has 1 aromatic rings. The van der Waals surface area contributed by atoms with Gasteiger partial charge in [0.2, 0.25) is 0 Å². The number of hydrogen-bond acceptors (Lipinski definition) is 4. The average Bonchev–Trinajstić information content (AvgIpc) is 2.91. The van der Waals surface area contributed by atoms with Crippen molar-refractivity contribution in [2.24, 2.45) is 5.92 Å². The van der Waals surface area contributed by atoms with E-state index in [0.717, 1.165) is 6.61 Å². The van der Waals surface area contributed by atoms with Crippen molar-refractivity contribution < 1.29 is 19.7 Å². The second-order valence-corrected chi connectivity index (χ2v) is 5.83. The first-order chi connectivity index (χ1) is 9.74. The van der Waals surface area contributed by atoms with Gasteiger partial charge in [0.25, 0.3) is 0 Å². The first-order valence-electron chi connectivity index (χ1n) is 7.49. The van der Waals surface area contributed by atoms with Crippen molar-refractivity contribution in [1.29, 1.82) is 0 Å². The van der Waals surface area contributed by atoms with Crippen LogP contribution in [0.5, 0.6) is 11.5 Å². The van der Waals surface area contributed by atoms with Crippen LogP contribution in [0.1, 0.15) is 43.8 Å². The third-order valence-corrected chi connectivity index (χ3v) is 4.34. The highest BCUT2D eigenvalue weighted by molar-refractivity contribution is 5.42. The molecule has 2 atom stereocenters. The van der Waals surface area contributed by atoms with Gasteiger partial charge in [-0.15, -0.1) is 0 Å². The predicted molar refractivity (Wildman–Crippen MR) is 74.9 cm³/mol. The summed E-state index contributed by atoms with van der Waals surface area (Å²) in [4.78, 5) is 0. The minimum absolute atomic E-state index is 0.142. The van der Waals surface area contributed by atoms with Crippen LogP contribution in [0, 0.1) is 5.92 Å². The molecule has 0 saturated heterocycles. The molecular weight excluding hydrogens is 256 g/mol. The number of aliphatic hydroxyl groups is 1. The zero-order chi connectivity index (χ0) is 13.9. The van der Waals surface area contributed by atoms with Crippen molar-refractivity contribution in [3.8, 4) is 11.5 Å². The van der Waals surface area contributed by atoms with Crippen molar-refractivity contribution in [2.45, 2.75) is 44.3 Å². The van der Waals surface area contributed by atoms with Gasteiger partial charge in [-0.1, -0.05) is 12.8 Å². The number of ether oxygens (including phenoxy) is 2. The lowest BCUT2D eigenvalue weighted by molar-refractivity contribution is -0.0537. The van der Waals surface area contributed by atoms with Crippen LogP contribution in [0.3, 0.4) is 0 Å². The predicted octanol–water partition coefficient (Wildman–Crippen LogP) is 2.78. The number of aromatic hydroxyl groups is 1. The van der Waals surface area contributed by atoms with E-state index in [1.165, 1.54) is 25.7 Å². The zero-order valence-electron chi connectivity index (χ0n) is 11.6. The first kappa shape index (κ1) is 13.7. The maximum Gasteiger partial charge on any atom is 0.125 e. The molecule has 0 bridgehead atoms. The van der Waals surface area contributed by atoms with Crippen LogP contribution in [0.4, 0.5) is 0 Å². The van der Waals surface area contributed by atoms with Crippen molar-refractivity contribution in [3.05, 3.63) is 23.8 Å². The minimum atomic E-state index is -0.735. The molecular formula is C16H22O4. The van der Waals surface area contributed by atoms with E-state index in [0.29, 0.717) is 30.3 Å². The summed E-state index contributed by atoms with van der Waals surface area (Å²) in [6.45, 7) is 1.25. The summed E-state index contributed by atoms with van der Waals surface area (Å²) in [5.74, 6) is 1.42. The van der Waals surface area contributed by atoms with E-state index in [4.69, 9.17) is 9.47 Å². The monoisotopic (exact) mass is 278 g/mol. The molecule has 2 unspecified atom stereocenters. The van der Waals surface area contributed by atoms with Gasteiger partial charge in [0.05, 0.1) is 12.7 Å². The number of phenolic OH excluding ortho intramolecular Hbond substituents is 1. The lowest BCUT2D eigenvalue weighted by Crippen LogP contribution is -2.24. The molecule has 1 heterocycles. The van der Waals surface area contributed by atoms with E-state index in [1.807, 2.05) is 0 Å². The molecule has 4 nitrogen and oxygen atoms in total. The summed E-state index contributed by atoms with van der Waals surface area (Å²) in [7, 11) is 0. The highest BCUT2D eigenvalue weighted by atomic mass is 16.5. The topological polar surface area (TPSA) is 58.9 Å². The van der Waals surface area contributed by atoms with Crippen LogP contribution in [-0.2, 0) is 4.74 Å². The van der Waals surface area contributed by atoms with Gasteiger partial charge in [-0.3, -0.25) is 0 Å². The molecule has 1 aliphatic carbocycles. The Bertz CT molecular complexity index is 454. The van der Waals surface area contributed by atoms with Crippen LogP contribution in [-0.4, -0.2) is 29.5 Å². The van der Waals surface area contributed by atoms with Crippen LogP contribution in [0.2, 0.25) is 0 Å². The Balaban J connectivity index is 1.69. The standard InChI is InChI=1S/C16H22O4/c17-12-5-6-14-13(9-12)16(18)15(7-8-19-14)20-10-11-3-1-2-4-11/h5-6,9,11,15-18H,1-4,7-8,10H2. The molecule has 2 N–H and O–H groups in total. The fraction of sp³-hybridized carbons (Fsp3) is 0.625. The SMILES string of the molecule is Oc1ccc2c(c1)C(O)C(OCC1CCCC1)CCO2. The van der Waals surface area contributed by atoms with Gasteiger partial charge < -0.3 is 19.7 Å². The van der Waals surface area contributed by atoms with Crippen molar-refractivity contribution in [3.63, 3.8) is 0 Å². The first-order valence-corrected chi connectivity index (χ1v) is 7.49. The molecule has 1 saturated carbocycles. The lowest BCUT2D eigenvalue weighted by atomic mass is 10.0. The van der Waals surface area contributed by atoms with E-state index in [2.05, 4.69) is 0 Å². The molecule has 4 heteroatoms. The maximum absolute atomic E-state index is 10.5. The fourth-order valence-electron chi connectivity index (χ4n) is 3.15. The third-order valence-electron chi connectivity index (χ3n) is 4.34. The summed E-state index contributed by atoms with van der Waals surface area (Å²) in [5, 5.41) is 20.1. The Hall–Kier alpha value is -1.26. The molecule has 110 valence electrons. The average molecular weight is 278 g/mol. The molecule has 0 spiro atoms. The van der Waals surface area contributed by atoms with E-state index >= 15 is 0 Å². The molecule has 1 aliphatic heterocycles. The van der Waals surface area contributed by atoms with Crippen LogP contribution < -0.4 is 4.74 Å². The van der Waals surface area contributed by atoms with E-state index in [-0.39, 0.29) is 11.9 Å². The fourth-order valence-corrected chi connectivity index (χ4v) is 3.15. The summed E-state index contributed by atoms with van der Waals surface area (Å²) in [5.41, 5.74) is 0.624. The number of phenols is 1. The van der Waals surface area contributed by atoms with E-state index in [1.54, 1.807) is 18.2 Å². The maximum atomic E-state index is 10.5. The molecule has 2 aliphatic rings. The molecule has 0 aromatic heterocycles. The second kappa shape index (κ2) is 6.02. The number of hydrogen-bond donors (Lipinski definition) is 2. The summed E-state index contributed by atoms with van der Waals surface area (Å²) >= 11 is 0. The molecule has 1 aromatic carbocycles. The van der Waals surface area contributed by atoms with Gasteiger partial charge in [-0.2, -0.15) is 0 Å². The van der Waals surface area contributed by atoms with Gasteiger partial charge >= 0.3 is 0 Å². The quantitative estimate of drug-likeness (QED) is 0.892. The number of rotatable bonds is 3. The Kier molecular flexibility index (Phi) is 4.13. The number of aliphatic hydroxyl groups excluding tert-OH is 1. The summed E-state index contributed by atoms with van der Waals surface area (Å²) in [6.07, 6.45) is 4.73. The summed E-state index contributed by atoms with van der Waals surface area (Å²) < 4.78 is 11.6. The highest BCUT2D eigenvalue weighted by Crippen LogP contribution is 2.36. The molecule has 0 amide bonds. The molecule has 0 radical (unpaired) electrons. The van der Waals surface area contributed by atoms with Gasteiger partial charge in [0, 0.05) is 18.6 Å². The van der Waals surface area contributed by atoms with Crippen LogP contribution >= 0.6 is 0 Å². The lowest BCUT2D eigenvalue weighted by Gasteiger charge is -2.23. The normalized spacial score (nSPS) is 26.9. The van der Waals surface area contributed by atoms with Crippen molar-refractivity contribution in [2.75, 3.05) is 13.2 Å². The Morgan fingerprint density at radius 1 is 1.20 bits per heavy atom. The van der Waals surface area contributed by atoms with Crippen molar-refractivity contribution in [1.82, 2.24) is 0 Å². The molecule has 3 rings (SSSR count). The largest absolute Gasteiger partial charge is 0.508 e. The smallest absolute Gasteiger partial charge is 0.125 e. The zero-order valence-corrected chi connectivity index (χ0v) is 11.6. The van der Waals surface area contributed by atoms with Crippen LogP contribution in [0.15, 0.2) is 18.2 Å². The highest BCUT2D eigenvalue weighted by Gasteiger charge is 2.29. The third kappa shape index (κ3) is 2.91. The van der Waals surface area contributed by atoms with Gasteiger partial charge in [-0.05, 0) is 37.0 Å². The van der Waals surface area contributed by atoms with Crippen molar-refractivity contribution >= 4 is 0 Å². The second-order valence-electron chi connectivity index (χ2n) is 5.83. The summed E-state index contributed by atoms with van der Waals surface area (Å²) in [6, 6.07) is 4.84. The number of fused-ring (bicyclic) bond motifs is 1. The Labute approximate surface area is 119 Å². The van der Waals surface area contributed by atoms with Gasteiger partial charge in [0.15, 0.2) is 0 Å². The Morgan fingerprint density at radius 2 is 2.00 bits per heavy atom. The van der Waals surface area contributed by atoms with Gasteiger partial charge in [0.1, 0.15) is 17.6 Å². The number of benzene rings is 1. The van der Waals surface area contributed by atoms with Crippen LogP contribution in [0.25, 0.3) is 0 Å². The molecule has 1 fully saturated rings. The van der Waals surface area contributed by atoms with E-state index < -0.39 is 6.10 Å². The van der Waals surface area contributed by atoms with E-state index in [9.17, 15) is 10.2 Å². The molecule has 20 heavy (non-hydrogen) atoms. The van der Waals surface area contributed by atoms with Gasteiger partial charge in [-0.25, -0.2) is 0 Å².